The van der Waals surface area contributed by atoms with Gasteiger partial charge >= 0.3 is 5.97 Å². The number of nitrogens with two attached hydrogens (primary N) is 1. The zero-order valence-corrected chi connectivity index (χ0v) is 10.4. The zero-order valence-electron chi connectivity index (χ0n) is 10.4. The van der Waals surface area contributed by atoms with E-state index < -0.39 is 17.6 Å². The molecule has 16 heavy (non-hydrogen) atoms. The van der Waals surface area contributed by atoms with Gasteiger partial charge in [0, 0.05) is 12.0 Å². The van der Waals surface area contributed by atoms with Crippen molar-refractivity contribution in [2.45, 2.75) is 52.1 Å². The van der Waals surface area contributed by atoms with Gasteiger partial charge in [0.15, 0.2) is 0 Å². The molecule has 0 fully saturated rings. The molecule has 0 rings (SSSR count). The van der Waals surface area contributed by atoms with Gasteiger partial charge in [0.2, 0.25) is 5.91 Å². The van der Waals surface area contributed by atoms with Gasteiger partial charge in [-0.2, -0.15) is 0 Å². The molecule has 1 atom stereocenters. The van der Waals surface area contributed by atoms with Gasteiger partial charge in [-0.25, -0.2) is 0 Å². The molecule has 0 aromatic heterocycles. The summed E-state index contributed by atoms with van der Waals surface area (Å²) in [5.41, 5.74) is 5.16. The largest absolute Gasteiger partial charge is 0.481 e. The molecule has 4 N–H and O–H groups in total. The maximum absolute atomic E-state index is 11.7. The number of carbonyl (C=O) groups excluding carboxylic acids is 1. The van der Waals surface area contributed by atoms with Crippen LogP contribution in [0.3, 0.4) is 0 Å². The smallest absolute Gasteiger partial charge is 0.303 e. The van der Waals surface area contributed by atoms with E-state index in [1.165, 1.54) is 0 Å². The normalized spacial score (nSPS) is 13.6. The number of nitrogens with one attached hydrogen (secondary N) is 1. The molecule has 0 aromatic carbocycles. The van der Waals surface area contributed by atoms with Crippen LogP contribution in [-0.4, -0.2) is 28.6 Å². The fourth-order valence-electron chi connectivity index (χ4n) is 1.20. The topological polar surface area (TPSA) is 92.4 Å². The van der Waals surface area contributed by atoms with Crippen molar-refractivity contribution >= 4 is 11.9 Å². The number of carbonyl (C=O) groups is 2. The van der Waals surface area contributed by atoms with Crippen molar-refractivity contribution in [2.75, 3.05) is 0 Å². The Morgan fingerprint density at radius 3 is 2.25 bits per heavy atom. The van der Waals surface area contributed by atoms with Gasteiger partial charge in [0.1, 0.15) is 0 Å². The standard InChI is InChI=1S/C11H22N2O3/c1-7(2)9(12)10(16)13-11(3,4)6-5-8(14)15/h7,9H,5-6,12H2,1-4H3,(H,13,16)(H,14,15)/t9-/m0/s1. The van der Waals surface area contributed by atoms with Gasteiger partial charge in [-0.05, 0) is 26.2 Å². The summed E-state index contributed by atoms with van der Waals surface area (Å²) in [5, 5.41) is 11.3. The van der Waals surface area contributed by atoms with Crippen LogP contribution in [-0.2, 0) is 9.59 Å². The molecule has 0 saturated carbocycles. The lowest BCUT2D eigenvalue weighted by Crippen LogP contribution is -2.52. The number of hydrogen-bond donors (Lipinski definition) is 3. The van der Waals surface area contributed by atoms with E-state index in [-0.39, 0.29) is 18.2 Å². The minimum atomic E-state index is -0.865. The van der Waals surface area contributed by atoms with Crippen LogP contribution in [0.25, 0.3) is 0 Å². The number of carboxylic acids is 1. The first-order chi connectivity index (χ1) is 7.15. The number of hydrogen-bond acceptors (Lipinski definition) is 3. The van der Waals surface area contributed by atoms with Crippen molar-refractivity contribution in [2.24, 2.45) is 11.7 Å². The van der Waals surface area contributed by atoms with Crippen LogP contribution in [0.15, 0.2) is 0 Å². The quantitative estimate of drug-likeness (QED) is 0.627. The molecule has 0 bridgehead atoms. The average Bonchev–Trinajstić information content (AvgIpc) is 2.12. The van der Waals surface area contributed by atoms with E-state index in [9.17, 15) is 9.59 Å². The van der Waals surface area contributed by atoms with Gasteiger partial charge in [-0.1, -0.05) is 13.8 Å². The summed E-state index contributed by atoms with van der Waals surface area (Å²) >= 11 is 0. The molecule has 0 aromatic rings. The van der Waals surface area contributed by atoms with Crippen LogP contribution in [0.5, 0.6) is 0 Å². The minimum Gasteiger partial charge on any atom is -0.481 e. The number of carboxylic acid groups (broad SMARTS) is 1. The molecule has 1 amide bonds. The third kappa shape index (κ3) is 5.70. The predicted octanol–water partition coefficient (Wildman–Crippen LogP) is 0.729. The summed E-state index contributed by atoms with van der Waals surface area (Å²) in [7, 11) is 0. The monoisotopic (exact) mass is 230 g/mol. The summed E-state index contributed by atoms with van der Waals surface area (Å²) in [4.78, 5) is 22.1. The Bertz CT molecular complexity index is 262. The average molecular weight is 230 g/mol. The Morgan fingerprint density at radius 2 is 1.88 bits per heavy atom. The molecule has 0 unspecified atom stereocenters. The maximum Gasteiger partial charge on any atom is 0.303 e. The van der Waals surface area contributed by atoms with E-state index in [0.29, 0.717) is 6.42 Å². The Hall–Kier alpha value is -1.10. The van der Waals surface area contributed by atoms with Crippen molar-refractivity contribution < 1.29 is 14.7 Å². The molecule has 0 aliphatic carbocycles. The van der Waals surface area contributed by atoms with Crippen molar-refractivity contribution in [1.82, 2.24) is 5.32 Å². The van der Waals surface area contributed by atoms with E-state index in [0.717, 1.165) is 0 Å². The van der Waals surface area contributed by atoms with E-state index in [1.807, 2.05) is 13.8 Å². The van der Waals surface area contributed by atoms with E-state index >= 15 is 0 Å². The van der Waals surface area contributed by atoms with Crippen LogP contribution >= 0.6 is 0 Å². The summed E-state index contributed by atoms with van der Waals surface area (Å²) in [5.74, 6) is -1.03. The minimum absolute atomic E-state index is 0.0319. The highest BCUT2D eigenvalue weighted by atomic mass is 16.4. The second-order valence-corrected chi connectivity index (χ2v) is 5.04. The fraction of sp³-hybridized carbons (Fsp3) is 0.818. The molecule has 0 spiro atoms. The highest BCUT2D eigenvalue weighted by Gasteiger charge is 2.25. The van der Waals surface area contributed by atoms with Crippen LogP contribution < -0.4 is 11.1 Å². The summed E-state index contributed by atoms with van der Waals surface area (Å²) in [6.07, 6.45) is 0.420. The van der Waals surface area contributed by atoms with E-state index in [4.69, 9.17) is 10.8 Å². The van der Waals surface area contributed by atoms with Gasteiger partial charge in [0.25, 0.3) is 0 Å². The summed E-state index contributed by atoms with van der Waals surface area (Å²) in [6, 6.07) is -0.552. The first-order valence-corrected chi connectivity index (χ1v) is 5.45. The second-order valence-electron chi connectivity index (χ2n) is 5.04. The highest BCUT2D eigenvalue weighted by Crippen LogP contribution is 2.12. The molecule has 5 heteroatoms. The van der Waals surface area contributed by atoms with Crippen LogP contribution in [0.4, 0.5) is 0 Å². The molecule has 94 valence electrons. The Morgan fingerprint density at radius 1 is 1.38 bits per heavy atom. The first-order valence-electron chi connectivity index (χ1n) is 5.45. The van der Waals surface area contributed by atoms with E-state index in [2.05, 4.69) is 5.32 Å². The number of rotatable bonds is 6. The SMILES string of the molecule is CC(C)[C@H](N)C(=O)NC(C)(C)CCC(=O)O. The van der Waals surface area contributed by atoms with Gasteiger partial charge in [-0.15, -0.1) is 0 Å². The van der Waals surface area contributed by atoms with Crippen molar-refractivity contribution in [3.05, 3.63) is 0 Å². The summed E-state index contributed by atoms with van der Waals surface area (Å²) in [6.45, 7) is 7.32. The molecule has 5 nitrogen and oxygen atoms in total. The number of amides is 1. The Balaban J connectivity index is 4.24. The van der Waals surface area contributed by atoms with E-state index in [1.54, 1.807) is 13.8 Å². The van der Waals surface area contributed by atoms with Crippen LogP contribution in [0, 0.1) is 5.92 Å². The second kappa shape index (κ2) is 5.84. The molecule has 0 aliphatic heterocycles. The molecular formula is C11H22N2O3. The third-order valence-corrected chi connectivity index (χ3v) is 2.45. The van der Waals surface area contributed by atoms with Gasteiger partial charge in [0.05, 0.1) is 6.04 Å². The third-order valence-electron chi connectivity index (χ3n) is 2.45. The molecule has 0 aliphatic rings. The lowest BCUT2D eigenvalue weighted by Gasteiger charge is -2.28. The van der Waals surface area contributed by atoms with Crippen LogP contribution in [0.1, 0.15) is 40.5 Å². The lowest BCUT2D eigenvalue weighted by atomic mass is 9.96. The summed E-state index contributed by atoms with van der Waals surface area (Å²) < 4.78 is 0. The molecular weight excluding hydrogens is 208 g/mol. The van der Waals surface area contributed by atoms with Crippen molar-refractivity contribution in [1.29, 1.82) is 0 Å². The maximum atomic E-state index is 11.7. The molecule has 0 saturated heterocycles. The number of aliphatic carboxylic acids is 1. The van der Waals surface area contributed by atoms with Gasteiger partial charge < -0.3 is 16.2 Å². The van der Waals surface area contributed by atoms with Crippen molar-refractivity contribution in [3.63, 3.8) is 0 Å². The fourth-order valence-corrected chi connectivity index (χ4v) is 1.20. The predicted molar refractivity (Wildman–Crippen MR) is 61.9 cm³/mol. The molecule has 0 heterocycles. The first kappa shape index (κ1) is 14.9. The Labute approximate surface area is 96.4 Å². The Kier molecular flexibility index (Phi) is 5.44. The zero-order chi connectivity index (χ0) is 12.9. The van der Waals surface area contributed by atoms with Crippen LogP contribution in [0.2, 0.25) is 0 Å². The molecule has 0 radical (unpaired) electrons. The highest BCUT2D eigenvalue weighted by molar-refractivity contribution is 5.82. The lowest BCUT2D eigenvalue weighted by molar-refractivity contribution is -0.138. The van der Waals surface area contributed by atoms with Gasteiger partial charge in [-0.3, -0.25) is 9.59 Å². The van der Waals surface area contributed by atoms with Crippen molar-refractivity contribution in [3.8, 4) is 0 Å².